The second-order valence-corrected chi connectivity index (χ2v) is 12.8. The van der Waals surface area contributed by atoms with Crippen LogP contribution < -0.4 is 21.2 Å². The molecular formula is C35H29ClNOP. The Bertz CT molecular complexity index is 1490. The summed E-state index contributed by atoms with van der Waals surface area (Å²) < 4.78 is 0. The van der Waals surface area contributed by atoms with Gasteiger partial charge in [0.05, 0.1) is 5.29 Å². The molecule has 0 heterocycles. The van der Waals surface area contributed by atoms with Gasteiger partial charge in [0.25, 0.3) is 5.91 Å². The van der Waals surface area contributed by atoms with Crippen molar-refractivity contribution < 1.29 is 4.79 Å². The van der Waals surface area contributed by atoms with Crippen LogP contribution in [0.3, 0.4) is 0 Å². The first-order valence-corrected chi connectivity index (χ1v) is 15.1. The summed E-state index contributed by atoms with van der Waals surface area (Å²) in [6.45, 7) is -2.22. The van der Waals surface area contributed by atoms with E-state index in [2.05, 4.69) is 78.1 Å². The molecule has 1 amide bonds. The fourth-order valence-corrected chi connectivity index (χ4v) is 9.44. The van der Waals surface area contributed by atoms with Gasteiger partial charge in [0.15, 0.2) is 0 Å². The van der Waals surface area contributed by atoms with E-state index >= 15 is 0 Å². The Morgan fingerprint density at radius 3 is 1.51 bits per heavy atom. The van der Waals surface area contributed by atoms with Crippen molar-refractivity contribution in [1.82, 2.24) is 5.32 Å². The van der Waals surface area contributed by atoms with E-state index < -0.39 is 6.89 Å². The molecule has 0 spiro atoms. The molecule has 0 saturated carbocycles. The molecular weight excluding hydrogens is 517 g/mol. The molecule has 4 heteroatoms. The lowest BCUT2D eigenvalue weighted by atomic mass is 10.1. The smallest absolute Gasteiger partial charge is 0.253 e. The van der Waals surface area contributed by atoms with Crippen molar-refractivity contribution in [3.05, 3.63) is 168 Å². The standard InChI is InChI=1S/C35H29ClNOP/c36-30-25-23-29(24-26-30)34(35(38)37-27-13-16-28-14-5-1-6-15-28)39(31-17-7-2-8-18-31,32-19-9-3-10-20-32)33-21-11-4-12-22-33/h1-26H,27H2,(H,37,38)/b16-13+. The van der Waals surface area contributed by atoms with Crippen LogP contribution in [0.15, 0.2) is 152 Å². The minimum atomic E-state index is -2.63. The highest BCUT2D eigenvalue weighted by Crippen LogP contribution is 2.47. The SMILES string of the molecule is O=C(NC/C=C/c1ccccc1)C(c1ccc(Cl)cc1)=P(c1ccccc1)(c1ccccc1)c1ccccc1. The number of carbonyl (C=O) groups is 1. The fourth-order valence-electron chi connectivity index (χ4n) is 4.87. The summed E-state index contributed by atoms with van der Waals surface area (Å²) in [6, 6.07) is 48.9. The average molecular weight is 546 g/mol. The van der Waals surface area contributed by atoms with E-state index in [9.17, 15) is 4.79 Å². The van der Waals surface area contributed by atoms with Crippen LogP contribution in [0.4, 0.5) is 0 Å². The van der Waals surface area contributed by atoms with Crippen LogP contribution in [0.2, 0.25) is 5.02 Å². The maximum absolute atomic E-state index is 14.4. The number of hydrogen-bond donors (Lipinski definition) is 1. The maximum Gasteiger partial charge on any atom is 0.253 e. The van der Waals surface area contributed by atoms with Crippen LogP contribution in [0.5, 0.6) is 0 Å². The van der Waals surface area contributed by atoms with Crippen molar-refractivity contribution in [3.8, 4) is 0 Å². The minimum Gasteiger partial charge on any atom is -0.348 e. The second kappa shape index (κ2) is 12.6. The second-order valence-electron chi connectivity index (χ2n) is 9.06. The van der Waals surface area contributed by atoms with Gasteiger partial charge in [0, 0.05) is 11.6 Å². The monoisotopic (exact) mass is 545 g/mol. The maximum atomic E-state index is 14.4. The summed E-state index contributed by atoms with van der Waals surface area (Å²) in [7, 11) is 0. The summed E-state index contributed by atoms with van der Waals surface area (Å²) in [5, 5.41) is 7.93. The summed E-state index contributed by atoms with van der Waals surface area (Å²) >= 11 is 6.31. The summed E-state index contributed by atoms with van der Waals surface area (Å²) in [5.41, 5.74) is 1.95. The third-order valence-electron chi connectivity index (χ3n) is 6.59. The third kappa shape index (κ3) is 5.83. The quantitative estimate of drug-likeness (QED) is 0.216. The summed E-state index contributed by atoms with van der Waals surface area (Å²) in [5.74, 6) is -0.0973. The minimum absolute atomic E-state index is 0.0973. The zero-order valence-electron chi connectivity index (χ0n) is 21.5. The first kappa shape index (κ1) is 26.5. The predicted molar refractivity (Wildman–Crippen MR) is 169 cm³/mol. The van der Waals surface area contributed by atoms with Gasteiger partial charge in [-0.2, -0.15) is 0 Å². The average Bonchev–Trinajstić information content (AvgIpc) is 3.00. The first-order chi connectivity index (χ1) is 19.2. The Morgan fingerprint density at radius 1 is 0.615 bits per heavy atom. The Hall–Kier alpha value is -4.10. The van der Waals surface area contributed by atoms with Crippen molar-refractivity contribution in [3.63, 3.8) is 0 Å². The molecule has 0 atom stereocenters. The van der Waals surface area contributed by atoms with Crippen molar-refractivity contribution in [2.45, 2.75) is 0 Å². The molecule has 0 saturated heterocycles. The Labute approximate surface area is 235 Å². The molecule has 2 nitrogen and oxygen atoms in total. The molecule has 192 valence electrons. The number of carbonyl (C=O) groups excluding carboxylic acids is 1. The number of benzene rings is 5. The summed E-state index contributed by atoms with van der Waals surface area (Å²) in [4.78, 5) is 14.4. The molecule has 1 N–H and O–H groups in total. The van der Waals surface area contributed by atoms with Crippen LogP contribution in [0, 0.1) is 0 Å². The van der Waals surface area contributed by atoms with Crippen LogP contribution in [0.25, 0.3) is 6.08 Å². The molecule has 5 aromatic rings. The molecule has 39 heavy (non-hydrogen) atoms. The molecule has 0 aromatic heterocycles. The van der Waals surface area contributed by atoms with E-state index in [1.165, 1.54) is 0 Å². The topological polar surface area (TPSA) is 29.1 Å². The molecule has 0 fully saturated rings. The highest BCUT2D eigenvalue weighted by molar-refractivity contribution is 7.96. The lowest BCUT2D eigenvalue weighted by Crippen LogP contribution is -2.39. The van der Waals surface area contributed by atoms with Gasteiger partial charge < -0.3 is 5.32 Å². The highest BCUT2D eigenvalue weighted by Gasteiger charge is 2.33. The van der Waals surface area contributed by atoms with Gasteiger partial charge in [-0.3, -0.25) is 4.79 Å². The fraction of sp³-hybridized carbons (Fsp3) is 0.0286. The number of halogens is 1. The zero-order chi connectivity index (χ0) is 26.9. The molecule has 0 radical (unpaired) electrons. The van der Waals surface area contributed by atoms with Crippen LogP contribution in [-0.4, -0.2) is 17.7 Å². The van der Waals surface area contributed by atoms with Gasteiger partial charge in [-0.15, -0.1) is 0 Å². The largest absolute Gasteiger partial charge is 0.348 e. The normalized spacial score (nSPS) is 11.3. The lowest BCUT2D eigenvalue weighted by molar-refractivity contribution is -0.114. The molecule has 0 bridgehead atoms. The number of hydrogen-bond acceptors (Lipinski definition) is 1. The van der Waals surface area contributed by atoms with Crippen molar-refractivity contribution in [2.75, 3.05) is 6.54 Å². The number of rotatable bonds is 8. The molecule has 0 aliphatic carbocycles. The van der Waals surface area contributed by atoms with Gasteiger partial charge in [-0.25, -0.2) is 0 Å². The van der Waals surface area contributed by atoms with E-state index in [1.807, 2.05) is 84.9 Å². The highest BCUT2D eigenvalue weighted by atomic mass is 35.5. The number of amides is 1. The van der Waals surface area contributed by atoms with E-state index in [0.717, 1.165) is 32.3 Å². The van der Waals surface area contributed by atoms with Crippen molar-refractivity contribution in [1.29, 1.82) is 0 Å². The third-order valence-corrected chi connectivity index (χ3v) is 11.2. The Morgan fingerprint density at radius 2 is 1.05 bits per heavy atom. The van der Waals surface area contributed by atoms with Gasteiger partial charge in [0.1, 0.15) is 0 Å². The van der Waals surface area contributed by atoms with Crippen LogP contribution >= 0.6 is 18.5 Å². The Balaban J connectivity index is 1.78. The molecule has 0 aliphatic rings. The van der Waals surface area contributed by atoms with Gasteiger partial charge >= 0.3 is 0 Å². The number of nitrogens with one attached hydrogen (secondary N) is 1. The van der Waals surface area contributed by atoms with E-state index in [1.54, 1.807) is 0 Å². The van der Waals surface area contributed by atoms with Crippen molar-refractivity contribution >= 4 is 51.7 Å². The zero-order valence-corrected chi connectivity index (χ0v) is 23.1. The van der Waals surface area contributed by atoms with Gasteiger partial charge in [0.2, 0.25) is 0 Å². The molecule has 0 aliphatic heterocycles. The van der Waals surface area contributed by atoms with Gasteiger partial charge in [-0.1, -0.05) is 157 Å². The Kier molecular flexibility index (Phi) is 8.58. The molecule has 5 aromatic carbocycles. The first-order valence-electron chi connectivity index (χ1n) is 12.9. The van der Waals surface area contributed by atoms with E-state index in [0.29, 0.717) is 11.6 Å². The lowest BCUT2D eigenvalue weighted by Gasteiger charge is -2.32. The van der Waals surface area contributed by atoms with Crippen molar-refractivity contribution in [2.24, 2.45) is 0 Å². The van der Waals surface area contributed by atoms with Crippen LogP contribution in [0.1, 0.15) is 11.1 Å². The van der Waals surface area contributed by atoms with E-state index in [-0.39, 0.29) is 5.91 Å². The molecule has 5 rings (SSSR count). The van der Waals surface area contributed by atoms with E-state index in [4.69, 9.17) is 11.6 Å². The molecule has 0 unspecified atom stereocenters. The van der Waals surface area contributed by atoms with Crippen LogP contribution in [-0.2, 0) is 4.79 Å². The predicted octanol–water partition coefficient (Wildman–Crippen LogP) is 6.68. The van der Waals surface area contributed by atoms with Gasteiger partial charge in [-0.05, 0) is 46.1 Å². The summed E-state index contributed by atoms with van der Waals surface area (Å²) in [6.07, 6.45) is 4.01.